The second-order valence-corrected chi connectivity index (χ2v) is 8.01. The lowest BCUT2D eigenvalue weighted by Gasteiger charge is -2.23. The van der Waals surface area contributed by atoms with Gasteiger partial charge in [-0.25, -0.2) is 9.18 Å². The average Bonchev–Trinajstić information content (AvgIpc) is 3.55. The predicted octanol–water partition coefficient (Wildman–Crippen LogP) is 0.871. The number of hydrazine groups is 1. The van der Waals surface area contributed by atoms with Crippen LogP contribution in [0, 0.1) is 5.82 Å². The van der Waals surface area contributed by atoms with E-state index in [1.54, 1.807) is 43.3 Å². The standard InChI is InChI=1S/C22H23FN4O3/c1-22(16-5-3-2-4-6-16)20(29)27(21(30)24-22)25-19(28)14-26(18-11-12-18)13-15-7-9-17(23)10-8-15/h2-10,18H,11-14H2,1H3,(H,24,30)(H,25,28)/p+1/t22-/m1/s1. The van der Waals surface area contributed by atoms with Crippen LogP contribution in [0.1, 0.15) is 30.9 Å². The first-order valence-electron chi connectivity index (χ1n) is 9.97. The van der Waals surface area contributed by atoms with Gasteiger partial charge in [0, 0.05) is 18.4 Å². The molecule has 2 atom stereocenters. The van der Waals surface area contributed by atoms with Crippen molar-refractivity contribution in [3.05, 3.63) is 71.5 Å². The highest BCUT2D eigenvalue weighted by atomic mass is 19.1. The smallest absolute Gasteiger partial charge is 0.321 e. The minimum Gasteiger partial charge on any atom is -0.321 e. The summed E-state index contributed by atoms with van der Waals surface area (Å²) in [7, 11) is 0. The van der Waals surface area contributed by atoms with Crippen molar-refractivity contribution < 1.29 is 23.7 Å². The first-order valence-corrected chi connectivity index (χ1v) is 9.97. The van der Waals surface area contributed by atoms with Gasteiger partial charge in [0.1, 0.15) is 17.9 Å². The van der Waals surface area contributed by atoms with Gasteiger partial charge in [0.15, 0.2) is 6.54 Å². The van der Waals surface area contributed by atoms with Crippen molar-refractivity contribution in [2.45, 2.75) is 37.9 Å². The average molecular weight is 411 g/mol. The van der Waals surface area contributed by atoms with Crippen molar-refractivity contribution >= 4 is 17.8 Å². The number of quaternary nitrogens is 1. The fraction of sp³-hybridized carbons (Fsp3) is 0.318. The van der Waals surface area contributed by atoms with Gasteiger partial charge in [0.2, 0.25) is 0 Å². The third kappa shape index (κ3) is 4.04. The molecule has 0 spiro atoms. The molecule has 0 bridgehead atoms. The van der Waals surface area contributed by atoms with E-state index >= 15 is 0 Å². The molecule has 0 aromatic heterocycles. The molecular weight excluding hydrogens is 387 g/mol. The molecule has 1 aliphatic carbocycles. The van der Waals surface area contributed by atoms with Crippen LogP contribution in [0.15, 0.2) is 54.6 Å². The lowest BCUT2D eigenvalue weighted by molar-refractivity contribution is -0.917. The summed E-state index contributed by atoms with van der Waals surface area (Å²) in [6, 6.07) is 14.8. The normalized spacial score (nSPS) is 22.0. The van der Waals surface area contributed by atoms with Gasteiger partial charge in [-0.2, -0.15) is 5.01 Å². The minimum atomic E-state index is -1.23. The number of nitrogens with zero attached hydrogens (tertiary/aromatic N) is 1. The Morgan fingerprint density at radius 2 is 1.83 bits per heavy atom. The summed E-state index contributed by atoms with van der Waals surface area (Å²) in [4.78, 5) is 39.0. The maximum atomic E-state index is 13.1. The Balaban J connectivity index is 1.42. The van der Waals surface area contributed by atoms with E-state index in [4.69, 9.17) is 0 Å². The highest BCUT2D eigenvalue weighted by molar-refractivity contribution is 6.08. The first kappa shape index (κ1) is 20.0. The van der Waals surface area contributed by atoms with E-state index in [0.717, 1.165) is 28.3 Å². The molecule has 1 saturated carbocycles. The van der Waals surface area contributed by atoms with E-state index in [1.165, 1.54) is 12.1 Å². The monoisotopic (exact) mass is 411 g/mol. The van der Waals surface area contributed by atoms with Crippen molar-refractivity contribution in [2.75, 3.05) is 6.54 Å². The molecule has 1 saturated heterocycles. The predicted molar refractivity (Wildman–Crippen MR) is 106 cm³/mol. The number of carbonyl (C=O) groups is 3. The zero-order chi connectivity index (χ0) is 21.3. The van der Waals surface area contributed by atoms with Crippen molar-refractivity contribution in [1.29, 1.82) is 0 Å². The van der Waals surface area contributed by atoms with Crippen molar-refractivity contribution in [2.24, 2.45) is 0 Å². The van der Waals surface area contributed by atoms with Crippen LogP contribution < -0.4 is 15.6 Å². The molecule has 2 aromatic rings. The number of nitrogens with one attached hydrogen (secondary N) is 3. The van der Waals surface area contributed by atoms with Gasteiger partial charge < -0.3 is 10.2 Å². The number of benzene rings is 2. The van der Waals surface area contributed by atoms with E-state index in [2.05, 4.69) is 10.7 Å². The van der Waals surface area contributed by atoms with E-state index in [0.29, 0.717) is 18.2 Å². The van der Waals surface area contributed by atoms with Crippen molar-refractivity contribution in [3.63, 3.8) is 0 Å². The fourth-order valence-corrected chi connectivity index (χ4v) is 3.79. The molecule has 4 rings (SSSR count). The molecule has 2 aromatic carbocycles. The molecule has 1 aliphatic heterocycles. The van der Waals surface area contributed by atoms with Crippen LogP contribution in [0.25, 0.3) is 0 Å². The first-order chi connectivity index (χ1) is 14.4. The number of hydrogen-bond acceptors (Lipinski definition) is 3. The Bertz CT molecular complexity index is 962. The number of carbonyl (C=O) groups excluding carboxylic acids is 3. The number of amides is 4. The van der Waals surface area contributed by atoms with Crippen LogP contribution in [0.4, 0.5) is 9.18 Å². The van der Waals surface area contributed by atoms with Crippen molar-refractivity contribution in [3.8, 4) is 0 Å². The molecule has 1 heterocycles. The summed E-state index contributed by atoms with van der Waals surface area (Å²) in [5, 5.41) is 3.43. The maximum absolute atomic E-state index is 13.1. The number of imide groups is 1. The Morgan fingerprint density at radius 1 is 1.17 bits per heavy atom. The number of urea groups is 1. The molecule has 4 amide bonds. The SMILES string of the molecule is C[C@]1(c2ccccc2)NC(=O)N(NC(=O)C[NH+](Cc2ccc(F)cc2)C2CC2)C1=O. The van der Waals surface area contributed by atoms with Gasteiger partial charge in [-0.05, 0) is 24.6 Å². The van der Waals surface area contributed by atoms with Crippen LogP contribution >= 0.6 is 0 Å². The number of hydrogen-bond donors (Lipinski definition) is 3. The van der Waals surface area contributed by atoms with E-state index in [9.17, 15) is 18.8 Å². The van der Waals surface area contributed by atoms with Crippen LogP contribution in [-0.4, -0.2) is 35.4 Å². The molecule has 30 heavy (non-hydrogen) atoms. The van der Waals surface area contributed by atoms with Gasteiger partial charge in [0.25, 0.3) is 11.8 Å². The number of rotatable bonds is 7. The molecule has 2 fully saturated rings. The van der Waals surface area contributed by atoms with Crippen LogP contribution in [0.2, 0.25) is 0 Å². The summed E-state index contributed by atoms with van der Waals surface area (Å²) < 4.78 is 13.1. The van der Waals surface area contributed by atoms with Gasteiger partial charge in [-0.3, -0.25) is 15.0 Å². The third-order valence-electron chi connectivity index (χ3n) is 5.67. The summed E-state index contributed by atoms with van der Waals surface area (Å²) in [5.74, 6) is -1.25. The lowest BCUT2D eigenvalue weighted by atomic mass is 9.92. The maximum Gasteiger partial charge on any atom is 0.344 e. The molecule has 7 nitrogen and oxygen atoms in total. The zero-order valence-corrected chi connectivity index (χ0v) is 16.7. The molecule has 8 heteroatoms. The molecule has 1 unspecified atom stereocenters. The topological polar surface area (TPSA) is 83.0 Å². The van der Waals surface area contributed by atoms with Gasteiger partial charge >= 0.3 is 6.03 Å². The van der Waals surface area contributed by atoms with Crippen LogP contribution in [-0.2, 0) is 21.7 Å². The number of halogens is 1. The fourth-order valence-electron chi connectivity index (χ4n) is 3.79. The molecule has 2 aliphatic rings. The highest BCUT2D eigenvalue weighted by Crippen LogP contribution is 2.27. The molecule has 0 radical (unpaired) electrons. The molecular formula is C22H24FN4O3+. The van der Waals surface area contributed by atoms with Crippen LogP contribution in [0.5, 0.6) is 0 Å². The molecule has 3 N–H and O–H groups in total. The zero-order valence-electron chi connectivity index (χ0n) is 16.7. The van der Waals surface area contributed by atoms with Gasteiger partial charge in [0.05, 0.1) is 6.04 Å². The van der Waals surface area contributed by atoms with E-state index in [-0.39, 0.29) is 12.4 Å². The van der Waals surface area contributed by atoms with Crippen molar-refractivity contribution in [1.82, 2.24) is 15.8 Å². The highest BCUT2D eigenvalue weighted by Gasteiger charge is 2.50. The lowest BCUT2D eigenvalue weighted by Crippen LogP contribution is -3.13. The summed E-state index contributed by atoms with van der Waals surface area (Å²) in [6.45, 7) is 2.30. The minimum absolute atomic E-state index is 0.112. The summed E-state index contributed by atoms with van der Waals surface area (Å²) in [5.41, 5.74) is 2.80. The summed E-state index contributed by atoms with van der Waals surface area (Å²) >= 11 is 0. The Kier molecular flexibility index (Phi) is 5.26. The van der Waals surface area contributed by atoms with Gasteiger partial charge in [-0.15, -0.1) is 0 Å². The van der Waals surface area contributed by atoms with Crippen LogP contribution in [0.3, 0.4) is 0 Å². The Morgan fingerprint density at radius 3 is 2.47 bits per heavy atom. The van der Waals surface area contributed by atoms with E-state index in [1.807, 2.05) is 6.07 Å². The quantitative estimate of drug-likeness (QED) is 0.592. The second-order valence-electron chi connectivity index (χ2n) is 8.01. The summed E-state index contributed by atoms with van der Waals surface area (Å²) in [6.07, 6.45) is 2.03. The van der Waals surface area contributed by atoms with Gasteiger partial charge in [-0.1, -0.05) is 42.5 Å². The van der Waals surface area contributed by atoms with E-state index < -0.39 is 23.4 Å². The Labute approximate surface area is 173 Å². The second kappa shape index (κ2) is 7.87. The largest absolute Gasteiger partial charge is 0.344 e. The molecule has 156 valence electrons. The third-order valence-corrected chi connectivity index (χ3v) is 5.67. The Hall–Kier alpha value is -3.26.